The van der Waals surface area contributed by atoms with E-state index in [0.717, 1.165) is 18.5 Å². The van der Waals surface area contributed by atoms with Crippen molar-refractivity contribution in [2.75, 3.05) is 6.54 Å². The van der Waals surface area contributed by atoms with Crippen LogP contribution in [0.25, 0.3) is 0 Å². The van der Waals surface area contributed by atoms with Crippen molar-refractivity contribution >= 4 is 11.9 Å². The first-order valence-electron chi connectivity index (χ1n) is 6.33. The highest BCUT2D eigenvalue weighted by molar-refractivity contribution is 5.85. The molecule has 1 saturated carbocycles. The van der Waals surface area contributed by atoms with Crippen molar-refractivity contribution < 1.29 is 4.92 Å². The number of aliphatic imine (C=N–C) groups is 1. The summed E-state index contributed by atoms with van der Waals surface area (Å²) < 4.78 is 0. The van der Waals surface area contributed by atoms with Crippen molar-refractivity contribution in [2.45, 2.75) is 25.7 Å². The molecule has 0 radical (unpaired) electrons. The number of hydrogen-bond donors (Lipinski definition) is 0. The van der Waals surface area contributed by atoms with Gasteiger partial charge in [-0.05, 0) is 23.8 Å². The van der Waals surface area contributed by atoms with Crippen LogP contribution in [0, 0.1) is 22.0 Å². The molecule has 1 aliphatic heterocycles. The van der Waals surface area contributed by atoms with Gasteiger partial charge in [0.25, 0.3) is 5.69 Å². The quantitative estimate of drug-likeness (QED) is 0.593. The predicted molar refractivity (Wildman–Crippen MR) is 70.2 cm³/mol. The summed E-state index contributed by atoms with van der Waals surface area (Å²) >= 11 is 0. The lowest BCUT2D eigenvalue weighted by Gasteiger charge is -2.23. The molecule has 0 aromatic heterocycles. The van der Waals surface area contributed by atoms with Crippen molar-refractivity contribution in [3.8, 4) is 0 Å². The molecule has 0 amide bonds. The standard InChI is InChI=1S/C14H16N2O2/c1-9(2)13-6-14(13)8-15-7-10-5-11(16(17)18)3-4-12(10)14/h3-5,7,9,13H,6,8H2,1-2H3. The van der Waals surface area contributed by atoms with Gasteiger partial charge in [-0.15, -0.1) is 0 Å². The largest absolute Gasteiger partial charge is 0.292 e. The molecule has 2 aliphatic rings. The van der Waals surface area contributed by atoms with Crippen LogP contribution in [-0.4, -0.2) is 17.7 Å². The van der Waals surface area contributed by atoms with E-state index in [0.29, 0.717) is 11.8 Å². The highest BCUT2D eigenvalue weighted by atomic mass is 16.6. The van der Waals surface area contributed by atoms with E-state index in [2.05, 4.69) is 18.8 Å². The lowest BCUT2D eigenvalue weighted by Crippen LogP contribution is -2.22. The fraction of sp³-hybridized carbons (Fsp3) is 0.500. The van der Waals surface area contributed by atoms with Gasteiger partial charge in [0, 0.05) is 35.9 Å². The Labute approximate surface area is 106 Å². The number of fused-ring (bicyclic) bond motifs is 2. The zero-order valence-corrected chi connectivity index (χ0v) is 10.6. The van der Waals surface area contributed by atoms with Crippen molar-refractivity contribution in [1.82, 2.24) is 0 Å². The van der Waals surface area contributed by atoms with Crippen LogP contribution in [0.5, 0.6) is 0 Å². The minimum atomic E-state index is -0.345. The van der Waals surface area contributed by atoms with Crippen LogP contribution >= 0.6 is 0 Å². The molecular formula is C14H16N2O2. The molecule has 0 saturated heterocycles. The van der Waals surface area contributed by atoms with Gasteiger partial charge >= 0.3 is 0 Å². The molecule has 2 unspecified atom stereocenters. The van der Waals surface area contributed by atoms with Gasteiger partial charge in [-0.1, -0.05) is 19.9 Å². The Morgan fingerprint density at radius 2 is 2.28 bits per heavy atom. The number of nitro benzene ring substituents is 1. The summed E-state index contributed by atoms with van der Waals surface area (Å²) in [7, 11) is 0. The summed E-state index contributed by atoms with van der Waals surface area (Å²) in [4.78, 5) is 14.9. The second-order valence-electron chi connectivity index (χ2n) is 5.71. The molecule has 1 fully saturated rings. The average Bonchev–Trinajstić information content (AvgIpc) is 3.04. The van der Waals surface area contributed by atoms with Gasteiger partial charge in [0.05, 0.1) is 4.92 Å². The van der Waals surface area contributed by atoms with E-state index in [4.69, 9.17) is 0 Å². The molecule has 4 nitrogen and oxygen atoms in total. The van der Waals surface area contributed by atoms with Crippen molar-refractivity contribution in [1.29, 1.82) is 0 Å². The van der Waals surface area contributed by atoms with E-state index < -0.39 is 0 Å². The zero-order valence-electron chi connectivity index (χ0n) is 10.6. The van der Waals surface area contributed by atoms with Gasteiger partial charge in [0.2, 0.25) is 0 Å². The fourth-order valence-electron chi connectivity index (χ4n) is 3.31. The first-order valence-corrected chi connectivity index (χ1v) is 6.33. The Kier molecular flexibility index (Phi) is 2.30. The first-order chi connectivity index (χ1) is 8.54. The van der Waals surface area contributed by atoms with E-state index in [1.54, 1.807) is 18.3 Å². The van der Waals surface area contributed by atoms with Gasteiger partial charge in [-0.2, -0.15) is 0 Å². The highest BCUT2D eigenvalue weighted by Gasteiger charge is 2.57. The maximum atomic E-state index is 10.8. The molecule has 0 N–H and O–H groups in total. The third-order valence-corrected chi connectivity index (χ3v) is 4.32. The third kappa shape index (κ3) is 1.48. The number of nitrogens with zero attached hydrogens (tertiary/aromatic N) is 2. The summed E-state index contributed by atoms with van der Waals surface area (Å²) in [5.74, 6) is 1.30. The normalized spacial score (nSPS) is 28.5. The third-order valence-electron chi connectivity index (χ3n) is 4.32. The molecule has 1 aliphatic carbocycles. The summed E-state index contributed by atoms with van der Waals surface area (Å²) in [5, 5.41) is 10.8. The van der Waals surface area contributed by atoms with Crippen LogP contribution in [0.1, 0.15) is 31.4 Å². The molecule has 0 bridgehead atoms. The summed E-state index contributed by atoms with van der Waals surface area (Å²) in [5.41, 5.74) is 2.49. The van der Waals surface area contributed by atoms with Crippen LogP contribution in [0.3, 0.4) is 0 Å². The fourth-order valence-corrected chi connectivity index (χ4v) is 3.31. The molecule has 1 aromatic rings. The number of non-ortho nitro benzene ring substituents is 1. The Balaban J connectivity index is 2.04. The average molecular weight is 244 g/mol. The molecule has 4 heteroatoms. The van der Waals surface area contributed by atoms with E-state index in [1.807, 2.05) is 6.07 Å². The minimum absolute atomic E-state index is 0.152. The van der Waals surface area contributed by atoms with E-state index in [9.17, 15) is 10.1 Å². The Morgan fingerprint density at radius 3 is 2.89 bits per heavy atom. The monoisotopic (exact) mass is 244 g/mol. The van der Waals surface area contributed by atoms with E-state index >= 15 is 0 Å². The number of benzene rings is 1. The summed E-state index contributed by atoms with van der Waals surface area (Å²) in [6, 6.07) is 5.20. The molecule has 3 rings (SSSR count). The van der Waals surface area contributed by atoms with Crippen molar-refractivity contribution in [3.63, 3.8) is 0 Å². The summed E-state index contributed by atoms with van der Waals surface area (Å²) in [6.07, 6.45) is 2.94. The maximum absolute atomic E-state index is 10.8. The second-order valence-corrected chi connectivity index (χ2v) is 5.71. The second kappa shape index (κ2) is 3.64. The van der Waals surface area contributed by atoms with Crippen LogP contribution in [-0.2, 0) is 5.41 Å². The topological polar surface area (TPSA) is 55.5 Å². The Morgan fingerprint density at radius 1 is 1.50 bits per heavy atom. The lowest BCUT2D eigenvalue weighted by molar-refractivity contribution is -0.384. The van der Waals surface area contributed by atoms with Crippen LogP contribution in [0.2, 0.25) is 0 Å². The Hall–Kier alpha value is -1.71. The zero-order chi connectivity index (χ0) is 12.9. The molecule has 1 aromatic carbocycles. The van der Waals surface area contributed by atoms with Crippen LogP contribution in [0.15, 0.2) is 23.2 Å². The molecular weight excluding hydrogens is 228 g/mol. The molecule has 1 heterocycles. The molecule has 2 atom stereocenters. The lowest BCUT2D eigenvalue weighted by atomic mass is 9.85. The Bertz CT molecular complexity index is 551. The van der Waals surface area contributed by atoms with Crippen molar-refractivity contribution in [2.24, 2.45) is 16.8 Å². The van der Waals surface area contributed by atoms with Gasteiger partial charge < -0.3 is 0 Å². The number of rotatable bonds is 2. The van der Waals surface area contributed by atoms with E-state index in [-0.39, 0.29) is 16.0 Å². The molecule has 18 heavy (non-hydrogen) atoms. The predicted octanol–water partition coefficient (Wildman–Crippen LogP) is 2.94. The molecule has 1 spiro atoms. The molecule has 94 valence electrons. The van der Waals surface area contributed by atoms with Crippen LogP contribution in [0.4, 0.5) is 5.69 Å². The van der Waals surface area contributed by atoms with Gasteiger partial charge in [0.15, 0.2) is 0 Å². The smallest absolute Gasteiger partial charge is 0.270 e. The van der Waals surface area contributed by atoms with Gasteiger partial charge in [-0.25, -0.2) is 0 Å². The summed E-state index contributed by atoms with van der Waals surface area (Å²) in [6.45, 7) is 5.31. The number of nitro groups is 1. The van der Waals surface area contributed by atoms with Gasteiger partial charge in [-0.3, -0.25) is 15.1 Å². The highest BCUT2D eigenvalue weighted by Crippen LogP contribution is 2.59. The first kappa shape index (κ1) is 11.4. The van der Waals surface area contributed by atoms with Crippen molar-refractivity contribution in [3.05, 3.63) is 39.4 Å². The SMILES string of the molecule is CC(C)C1CC12CN=Cc1cc([N+](=O)[O-])ccc12. The van der Waals surface area contributed by atoms with Gasteiger partial charge in [0.1, 0.15) is 0 Å². The number of hydrogen-bond acceptors (Lipinski definition) is 3. The minimum Gasteiger partial charge on any atom is -0.292 e. The van der Waals surface area contributed by atoms with Crippen LogP contribution < -0.4 is 0 Å². The van der Waals surface area contributed by atoms with E-state index in [1.165, 1.54) is 5.56 Å². The maximum Gasteiger partial charge on any atom is 0.270 e.